The van der Waals surface area contributed by atoms with E-state index >= 15 is 0 Å². The van der Waals surface area contributed by atoms with Crippen molar-refractivity contribution in [2.75, 3.05) is 0 Å². The average molecular weight is 289 g/mol. The zero-order valence-electron chi connectivity index (χ0n) is 13.6. The lowest BCUT2D eigenvalue weighted by Crippen LogP contribution is -2.13. The summed E-state index contributed by atoms with van der Waals surface area (Å²) in [6, 6.07) is 0.404. The maximum absolute atomic E-state index is 9.92. The monoisotopic (exact) mass is 289 g/mol. The number of hydrogen-bond acceptors (Lipinski definition) is 3. The van der Waals surface area contributed by atoms with Crippen LogP contribution in [0.4, 0.5) is 0 Å². The highest BCUT2D eigenvalue weighted by Gasteiger charge is 2.06. The third-order valence-electron chi connectivity index (χ3n) is 3.05. The summed E-state index contributed by atoms with van der Waals surface area (Å²) in [4.78, 5) is 9.92. The second-order valence-corrected chi connectivity index (χ2v) is 5.57. The molecule has 2 atom stereocenters. The molecule has 0 amide bonds. The van der Waals surface area contributed by atoms with Gasteiger partial charge >= 0.3 is 5.97 Å². The predicted molar refractivity (Wildman–Crippen MR) is 84.8 cm³/mol. The standard InChI is InChI=1S/C10H23N.C6H12O3/c1-3-4-5-6-7-8-9-10(2)11;1-2-3-5(7)4-6(8)9/h10H,3-9,11H2,1-2H3;5,7H,2-4H2,1H3,(H,8,9). The Kier molecular flexibility index (Phi) is 17.8. The molecule has 0 bridgehead atoms. The smallest absolute Gasteiger partial charge is 0.305 e. The third kappa shape index (κ3) is 22.6. The highest BCUT2D eigenvalue weighted by Crippen LogP contribution is 2.07. The van der Waals surface area contributed by atoms with Gasteiger partial charge in [-0.3, -0.25) is 4.79 Å². The van der Waals surface area contributed by atoms with Crippen molar-refractivity contribution in [2.45, 2.75) is 97.1 Å². The Labute approximate surface area is 124 Å². The van der Waals surface area contributed by atoms with Crippen LogP contribution in [0.1, 0.15) is 85.0 Å². The maximum Gasteiger partial charge on any atom is 0.305 e. The fourth-order valence-electron chi connectivity index (χ4n) is 1.88. The Hall–Kier alpha value is -0.610. The molecule has 0 aliphatic heterocycles. The summed E-state index contributed by atoms with van der Waals surface area (Å²) in [6.45, 7) is 6.25. The van der Waals surface area contributed by atoms with Crippen LogP contribution in [-0.2, 0) is 4.79 Å². The van der Waals surface area contributed by atoms with Gasteiger partial charge in [0.15, 0.2) is 0 Å². The second kappa shape index (κ2) is 16.4. The van der Waals surface area contributed by atoms with Gasteiger partial charge < -0.3 is 15.9 Å². The normalized spacial score (nSPS) is 13.2. The fraction of sp³-hybridized carbons (Fsp3) is 0.938. The molecule has 0 spiro atoms. The van der Waals surface area contributed by atoms with Crippen LogP contribution < -0.4 is 5.73 Å². The lowest BCUT2D eigenvalue weighted by atomic mass is 10.1. The Balaban J connectivity index is 0. The van der Waals surface area contributed by atoms with Crippen LogP contribution in [0.15, 0.2) is 0 Å². The van der Waals surface area contributed by atoms with Crippen LogP contribution in [0.25, 0.3) is 0 Å². The molecule has 0 aromatic carbocycles. The van der Waals surface area contributed by atoms with E-state index in [1.54, 1.807) is 0 Å². The molecule has 0 saturated heterocycles. The van der Waals surface area contributed by atoms with Gasteiger partial charge in [-0.15, -0.1) is 0 Å². The van der Waals surface area contributed by atoms with Crippen molar-refractivity contribution in [1.82, 2.24) is 0 Å². The Morgan fingerprint density at radius 1 is 1.00 bits per heavy atom. The maximum atomic E-state index is 9.92. The lowest BCUT2D eigenvalue weighted by Gasteiger charge is -2.03. The number of aliphatic hydroxyl groups is 1. The molecule has 0 aromatic rings. The van der Waals surface area contributed by atoms with E-state index < -0.39 is 12.1 Å². The van der Waals surface area contributed by atoms with Crippen molar-refractivity contribution < 1.29 is 15.0 Å². The van der Waals surface area contributed by atoms with Crippen molar-refractivity contribution in [3.8, 4) is 0 Å². The van der Waals surface area contributed by atoms with Gasteiger partial charge in [-0.2, -0.15) is 0 Å². The summed E-state index contributed by atoms with van der Waals surface area (Å²) in [5.41, 5.74) is 5.63. The molecule has 0 heterocycles. The van der Waals surface area contributed by atoms with E-state index in [9.17, 15) is 4.79 Å². The molecule has 4 heteroatoms. The molecule has 0 rings (SSSR count). The lowest BCUT2D eigenvalue weighted by molar-refractivity contribution is -0.139. The molecule has 2 unspecified atom stereocenters. The first kappa shape index (κ1) is 21.7. The molecule has 0 radical (unpaired) electrons. The van der Waals surface area contributed by atoms with Crippen LogP contribution in [0, 0.1) is 0 Å². The molecule has 0 fully saturated rings. The largest absolute Gasteiger partial charge is 0.481 e. The van der Waals surface area contributed by atoms with E-state index in [-0.39, 0.29) is 6.42 Å². The highest BCUT2D eigenvalue weighted by molar-refractivity contribution is 5.67. The van der Waals surface area contributed by atoms with Crippen molar-refractivity contribution in [2.24, 2.45) is 5.73 Å². The molecule has 0 aliphatic rings. The first-order chi connectivity index (χ1) is 9.43. The van der Waals surface area contributed by atoms with Crippen LogP contribution in [0.3, 0.4) is 0 Å². The Morgan fingerprint density at radius 2 is 1.55 bits per heavy atom. The second-order valence-electron chi connectivity index (χ2n) is 5.57. The highest BCUT2D eigenvalue weighted by atomic mass is 16.4. The molecule has 122 valence electrons. The van der Waals surface area contributed by atoms with Crippen molar-refractivity contribution in [3.63, 3.8) is 0 Å². The molecular weight excluding hydrogens is 254 g/mol. The summed E-state index contributed by atoms with van der Waals surface area (Å²) in [6.07, 6.45) is 10.1. The molecule has 0 aromatic heterocycles. The number of carboxylic acids is 1. The summed E-state index contributed by atoms with van der Waals surface area (Å²) < 4.78 is 0. The number of aliphatic carboxylic acids is 1. The van der Waals surface area contributed by atoms with Gasteiger partial charge in [0.05, 0.1) is 12.5 Å². The quantitative estimate of drug-likeness (QED) is 0.506. The minimum absolute atomic E-state index is 0.131. The molecule has 20 heavy (non-hydrogen) atoms. The minimum atomic E-state index is -0.934. The van der Waals surface area contributed by atoms with Crippen LogP contribution >= 0.6 is 0 Å². The number of carbonyl (C=O) groups is 1. The number of hydrogen-bond donors (Lipinski definition) is 3. The van der Waals surface area contributed by atoms with Crippen molar-refractivity contribution >= 4 is 5.97 Å². The van der Waals surface area contributed by atoms with Gasteiger partial charge in [-0.05, 0) is 19.8 Å². The minimum Gasteiger partial charge on any atom is -0.481 e. The zero-order valence-corrected chi connectivity index (χ0v) is 13.6. The van der Waals surface area contributed by atoms with E-state index in [1.165, 1.54) is 44.9 Å². The van der Waals surface area contributed by atoms with Crippen LogP contribution in [0.5, 0.6) is 0 Å². The first-order valence-electron chi connectivity index (χ1n) is 8.09. The van der Waals surface area contributed by atoms with Crippen molar-refractivity contribution in [3.05, 3.63) is 0 Å². The SMILES string of the molecule is CCCC(O)CC(=O)O.CCCCCCCCC(C)N. The van der Waals surface area contributed by atoms with E-state index in [0.29, 0.717) is 12.5 Å². The van der Waals surface area contributed by atoms with E-state index in [4.69, 9.17) is 15.9 Å². The van der Waals surface area contributed by atoms with Crippen LogP contribution in [0.2, 0.25) is 0 Å². The van der Waals surface area contributed by atoms with E-state index in [1.807, 2.05) is 6.92 Å². The van der Waals surface area contributed by atoms with Gasteiger partial charge in [-0.1, -0.05) is 58.8 Å². The summed E-state index contributed by atoms with van der Waals surface area (Å²) in [7, 11) is 0. The number of nitrogens with two attached hydrogens (primary N) is 1. The van der Waals surface area contributed by atoms with Gasteiger partial charge in [-0.25, -0.2) is 0 Å². The Bertz CT molecular complexity index is 208. The number of unbranched alkanes of at least 4 members (excludes halogenated alkanes) is 5. The summed E-state index contributed by atoms with van der Waals surface area (Å²) in [5, 5.41) is 17.0. The Morgan fingerprint density at radius 3 is 2.00 bits per heavy atom. The molecule has 0 aliphatic carbocycles. The van der Waals surface area contributed by atoms with Gasteiger partial charge in [0, 0.05) is 6.04 Å². The fourth-order valence-corrected chi connectivity index (χ4v) is 1.88. The zero-order chi connectivity index (χ0) is 15.8. The molecule has 4 nitrogen and oxygen atoms in total. The van der Waals surface area contributed by atoms with E-state index in [2.05, 4.69) is 13.8 Å². The summed E-state index contributed by atoms with van der Waals surface area (Å²) >= 11 is 0. The number of carboxylic acid groups (broad SMARTS) is 1. The third-order valence-corrected chi connectivity index (χ3v) is 3.05. The summed E-state index contributed by atoms with van der Waals surface area (Å²) in [5.74, 6) is -0.934. The van der Waals surface area contributed by atoms with Crippen LogP contribution in [-0.4, -0.2) is 28.3 Å². The topological polar surface area (TPSA) is 83.5 Å². The van der Waals surface area contributed by atoms with Gasteiger partial charge in [0.2, 0.25) is 0 Å². The van der Waals surface area contributed by atoms with Crippen molar-refractivity contribution in [1.29, 1.82) is 0 Å². The molecule has 0 saturated carbocycles. The van der Waals surface area contributed by atoms with Gasteiger partial charge in [0.1, 0.15) is 0 Å². The predicted octanol–water partition coefficient (Wildman–Crippen LogP) is 3.71. The number of rotatable bonds is 11. The molecular formula is C16H35NO3. The van der Waals surface area contributed by atoms with E-state index in [0.717, 1.165) is 6.42 Å². The van der Waals surface area contributed by atoms with Gasteiger partial charge in [0.25, 0.3) is 0 Å². The average Bonchev–Trinajstić information content (AvgIpc) is 2.33. The molecule has 4 N–H and O–H groups in total. The number of aliphatic hydroxyl groups excluding tert-OH is 1. The first-order valence-corrected chi connectivity index (χ1v) is 8.09.